The van der Waals surface area contributed by atoms with Gasteiger partial charge in [0.25, 0.3) is 0 Å². The molecular formula is C120H83B2Br2Cl2N5O4. The molecule has 0 unspecified atom stereocenters. The molecule has 0 aliphatic carbocycles. The lowest BCUT2D eigenvalue weighted by Gasteiger charge is -2.13. The van der Waals surface area contributed by atoms with Gasteiger partial charge < -0.3 is 42.9 Å². The van der Waals surface area contributed by atoms with Crippen molar-refractivity contribution in [1.82, 2.24) is 22.8 Å². The van der Waals surface area contributed by atoms with E-state index in [1.165, 1.54) is 121 Å². The number of hydrogen-bond donors (Lipinski definition) is 4. The smallest absolute Gasteiger partial charge is 0.423 e. The number of rotatable bonds is 12. The maximum atomic E-state index is 9.47. The Labute approximate surface area is 807 Å². The number of benzene rings is 20. The maximum Gasteiger partial charge on any atom is 0.488 e. The zero-order valence-corrected chi connectivity index (χ0v) is 77.5. The van der Waals surface area contributed by atoms with Crippen molar-refractivity contribution in [1.29, 1.82) is 0 Å². The van der Waals surface area contributed by atoms with Crippen LogP contribution in [0.1, 0.15) is 0 Å². The third-order valence-electron chi connectivity index (χ3n) is 25.0. The molecule has 25 aromatic rings. The molecule has 4 N–H and O–H groups in total. The molecule has 0 bridgehead atoms. The second-order valence-corrected chi connectivity index (χ2v) is 36.0. The quantitative estimate of drug-likeness (QED) is 0.0915. The molecule has 0 spiro atoms. The van der Waals surface area contributed by atoms with E-state index in [-0.39, 0.29) is 0 Å². The Morgan fingerprint density at radius 3 is 0.644 bits per heavy atom. The molecule has 0 aliphatic rings. The fourth-order valence-electron chi connectivity index (χ4n) is 18.9. The topological polar surface area (TPSA) is 106 Å². The van der Waals surface area contributed by atoms with Crippen molar-refractivity contribution in [3.8, 4) is 84.1 Å². The minimum atomic E-state index is -1.47. The molecule has 646 valence electrons. The molecule has 25 rings (SSSR count). The number of hydrogen-bond acceptors (Lipinski definition) is 4. The zero-order chi connectivity index (χ0) is 91.6. The van der Waals surface area contributed by atoms with Gasteiger partial charge in [0.15, 0.2) is 0 Å². The SMILES string of the molecule is Clc1cc(-c2ccc3c4ccccc4n(-c4ccccc4)c3c2)cc(-c2ccc3c4ccccc4n(-c4ccccc4)c3c2)c1.Clc1cc(Br)cc(Br)c1.OB(O)c1ccc2c3ccccc3n(-c3ccccc3)c2c1.OB(O)c1ccccc1.c1ccc(-c2cc(-c3ccc4c5ccccc5n(-c5ccccc5)c4c3)cc(-c3ccc4c5ccccc5n(-c5ccccc5)c4c3)c2)cc1. The highest BCUT2D eigenvalue weighted by Crippen LogP contribution is 2.44. The maximum absolute atomic E-state index is 9.47. The first-order valence-corrected chi connectivity index (χ1v) is 47.0. The van der Waals surface area contributed by atoms with Crippen LogP contribution in [-0.4, -0.2) is 57.2 Å². The van der Waals surface area contributed by atoms with E-state index in [9.17, 15) is 10.0 Å². The summed E-state index contributed by atoms with van der Waals surface area (Å²) >= 11 is 19.1. The number of fused-ring (bicyclic) bond motifs is 15. The van der Waals surface area contributed by atoms with Crippen LogP contribution >= 0.6 is 55.1 Å². The van der Waals surface area contributed by atoms with E-state index >= 15 is 0 Å². The molecule has 0 atom stereocenters. The number of para-hydroxylation sites is 10. The molecule has 20 aromatic carbocycles. The predicted molar refractivity (Wildman–Crippen MR) is 576 cm³/mol. The zero-order valence-electron chi connectivity index (χ0n) is 72.8. The van der Waals surface area contributed by atoms with Crippen LogP contribution in [0.4, 0.5) is 0 Å². The van der Waals surface area contributed by atoms with Crippen molar-refractivity contribution < 1.29 is 20.1 Å². The summed E-state index contributed by atoms with van der Waals surface area (Å²) in [5.74, 6) is 0. The van der Waals surface area contributed by atoms with Crippen LogP contribution in [0, 0.1) is 0 Å². The molecule has 135 heavy (non-hydrogen) atoms. The minimum Gasteiger partial charge on any atom is -0.423 e. The molecule has 0 saturated heterocycles. The summed E-state index contributed by atoms with van der Waals surface area (Å²) in [6.07, 6.45) is 0. The average Bonchev–Trinajstić information content (AvgIpc) is 1.61. The third kappa shape index (κ3) is 17.5. The Bertz CT molecular complexity index is 8280. The van der Waals surface area contributed by atoms with Crippen molar-refractivity contribution in [2.24, 2.45) is 0 Å². The first kappa shape index (κ1) is 86.6. The summed E-state index contributed by atoms with van der Waals surface area (Å²) in [5.41, 5.74) is 30.0. The highest BCUT2D eigenvalue weighted by Gasteiger charge is 2.23. The molecule has 15 heteroatoms. The predicted octanol–water partition coefficient (Wildman–Crippen LogP) is 30.4. The first-order valence-electron chi connectivity index (χ1n) is 44.6. The number of halogens is 4. The molecular weight excluding hydrogens is 1830 g/mol. The van der Waals surface area contributed by atoms with Crippen LogP contribution < -0.4 is 10.9 Å². The first-order chi connectivity index (χ1) is 66.3. The monoisotopic (exact) mass is 1910 g/mol. The van der Waals surface area contributed by atoms with Crippen LogP contribution in [0.15, 0.2) is 488 Å². The molecule has 0 fully saturated rings. The van der Waals surface area contributed by atoms with Gasteiger partial charge in [0.1, 0.15) is 0 Å². The molecule has 0 amide bonds. The van der Waals surface area contributed by atoms with Gasteiger partial charge in [0.05, 0.1) is 55.2 Å². The van der Waals surface area contributed by atoms with E-state index in [1.54, 1.807) is 30.3 Å². The van der Waals surface area contributed by atoms with E-state index in [0.29, 0.717) is 10.9 Å². The van der Waals surface area contributed by atoms with Gasteiger partial charge in [-0.2, -0.15) is 0 Å². The Morgan fingerprint density at radius 1 is 0.163 bits per heavy atom. The van der Waals surface area contributed by atoms with Crippen molar-refractivity contribution in [3.05, 3.63) is 498 Å². The van der Waals surface area contributed by atoms with Gasteiger partial charge in [-0.05, 0) is 242 Å². The Hall–Kier alpha value is -15.1. The lowest BCUT2D eigenvalue weighted by molar-refractivity contribution is 0.424. The van der Waals surface area contributed by atoms with Crippen molar-refractivity contribution in [2.45, 2.75) is 0 Å². The number of nitrogens with zero attached hydrogens (tertiary/aromatic N) is 5. The normalized spacial score (nSPS) is 11.3. The number of aromatic nitrogens is 5. The summed E-state index contributed by atoms with van der Waals surface area (Å²) in [6, 6.07) is 167. The van der Waals surface area contributed by atoms with E-state index < -0.39 is 14.2 Å². The lowest BCUT2D eigenvalue weighted by atomic mass is 9.80. The Kier molecular flexibility index (Phi) is 24.5. The highest BCUT2D eigenvalue weighted by atomic mass is 79.9. The lowest BCUT2D eigenvalue weighted by Crippen LogP contribution is -2.29. The molecule has 5 heterocycles. The van der Waals surface area contributed by atoms with E-state index in [1.807, 2.05) is 78.9 Å². The van der Waals surface area contributed by atoms with Crippen LogP contribution in [0.5, 0.6) is 0 Å². The summed E-state index contributed by atoms with van der Waals surface area (Å²) in [6.45, 7) is 0. The van der Waals surface area contributed by atoms with E-state index in [4.69, 9.17) is 33.2 Å². The van der Waals surface area contributed by atoms with Crippen LogP contribution in [0.3, 0.4) is 0 Å². The van der Waals surface area contributed by atoms with Crippen LogP contribution in [-0.2, 0) is 0 Å². The fraction of sp³-hybridized carbons (Fsp3) is 0. The molecule has 9 nitrogen and oxygen atoms in total. The van der Waals surface area contributed by atoms with Gasteiger partial charge in [0, 0.05) is 101 Å². The summed E-state index contributed by atoms with van der Waals surface area (Å²) in [5, 5.41) is 49.8. The Morgan fingerprint density at radius 2 is 0.378 bits per heavy atom. The fourth-order valence-corrected chi connectivity index (χ4v) is 20.9. The van der Waals surface area contributed by atoms with Gasteiger partial charge >= 0.3 is 14.2 Å². The van der Waals surface area contributed by atoms with Gasteiger partial charge in [-0.1, -0.05) is 358 Å². The van der Waals surface area contributed by atoms with Gasteiger partial charge in [0.2, 0.25) is 0 Å². The van der Waals surface area contributed by atoms with Crippen molar-refractivity contribution in [2.75, 3.05) is 0 Å². The molecule has 5 aromatic heterocycles. The van der Waals surface area contributed by atoms with Crippen LogP contribution in [0.25, 0.3) is 193 Å². The van der Waals surface area contributed by atoms with Crippen molar-refractivity contribution >= 4 is 189 Å². The summed E-state index contributed by atoms with van der Waals surface area (Å²) < 4.78 is 13.6. The van der Waals surface area contributed by atoms with Crippen LogP contribution in [0.2, 0.25) is 10.0 Å². The molecule has 0 radical (unpaired) electrons. The second-order valence-electron chi connectivity index (χ2n) is 33.3. The third-order valence-corrected chi connectivity index (χ3v) is 26.3. The molecule has 0 aliphatic heterocycles. The minimum absolute atomic E-state index is 0.493. The van der Waals surface area contributed by atoms with E-state index in [2.05, 4.69) is 425 Å². The molecule has 0 saturated carbocycles. The van der Waals surface area contributed by atoms with Crippen molar-refractivity contribution in [3.63, 3.8) is 0 Å². The summed E-state index contributed by atoms with van der Waals surface area (Å²) in [7, 11) is -2.81. The van der Waals surface area contributed by atoms with Gasteiger partial charge in [-0.15, -0.1) is 0 Å². The van der Waals surface area contributed by atoms with E-state index in [0.717, 1.165) is 91.5 Å². The average molecular weight is 1910 g/mol. The second kappa shape index (κ2) is 38.2. The highest BCUT2D eigenvalue weighted by molar-refractivity contribution is 9.11. The van der Waals surface area contributed by atoms with Gasteiger partial charge in [-0.3, -0.25) is 0 Å². The van der Waals surface area contributed by atoms with Gasteiger partial charge in [-0.25, -0.2) is 0 Å². The Balaban J connectivity index is 0.000000116. The summed E-state index contributed by atoms with van der Waals surface area (Å²) in [4.78, 5) is 0. The standard InChI is InChI=1S/C48H32N2.C42H27ClN2.C18H14BNO2.C6H7BO2.C6H3Br2Cl/c1-4-14-33(15-5-1)36-28-37(34-24-26-43-41-20-10-12-22-45(41)49(47(43)31-34)39-16-6-2-7-17-39)30-38(29-36)35-25-27-44-42-21-11-13-23-46(42)50(48(44)32-35)40-18-8-3-9-19-40;43-32-24-30(28-19-21-37-35-15-7-9-17-39(35)44(41(37)26-28)33-11-3-1-4-12-33)23-31(25-32)29-20-22-38-36-16-8-10-18-40(36)45(42(38)27-29)34-13-5-2-6-14-34;21-19(22)13-10-11-16-15-8-4-5-9-17(15)20(18(16)12-13)14-6-2-1-3-7-14;8-7(9)6-4-2-1-3-5-6;7-4-1-5(8)3-6(9)2-4/h1-32H;1-27H;1-12,21-22H;1-5,8-9H;1-3H. The largest absolute Gasteiger partial charge is 0.488 e.